The molecule has 0 saturated carbocycles. The number of furan rings is 1. The van der Waals surface area contributed by atoms with Gasteiger partial charge in [0.05, 0.1) is 18.8 Å². The lowest BCUT2D eigenvalue weighted by Gasteiger charge is -2.11. The van der Waals surface area contributed by atoms with Gasteiger partial charge in [-0.3, -0.25) is 0 Å². The smallest absolute Gasteiger partial charge is 0.143 e. The summed E-state index contributed by atoms with van der Waals surface area (Å²) in [5, 5.41) is 5.47. The zero-order chi connectivity index (χ0) is 21.8. The van der Waals surface area contributed by atoms with Gasteiger partial charge in [-0.1, -0.05) is 48.5 Å². The fourth-order valence-electron chi connectivity index (χ4n) is 4.47. The number of ether oxygens (including phenoxy) is 4. The third-order valence-electron chi connectivity index (χ3n) is 6.30. The highest BCUT2D eigenvalue weighted by Gasteiger charge is 2.25. The number of rotatable bonds is 7. The quantitative estimate of drug-likeness (QED) is 0.232. The lowest BCUT2D eigenvalue weighted by molar-refractivity contribution is 0.263. The van der Waals surface area contributed by atoms with Crippen molar-refractivity contribution in [2.45, 2.75) is 12.2 Å². The largest absolute Gasteiger partial charge is 0.490 e. The molecule has 33 heavy (non-hydrogen) atoms. The second-order valence-corrected chi connectivity index (χ2v) is 8.61. The SMILES string of the molecule is c1ccc(-c2cc3c(o2)c2ccccc2c2cccc(OCC4CO4)c23)c(OCC2CO2)c1. The summed E-state index contributed by atoms with van der Waals surface area (Å²) in [6.45, 7) is 2.63. The maximum Gasteiger partial charge on any atom is 0.143 e. The van der Waals surface area contributed by atoms with Crippen LogP contribution in [-0.2, 0) is 9.47 Å². The van der Waals surface area contributed by atoms with Crippen LogP contribution in [0.4, 0.5) is 0 Å². The minimum absolute atomic E-state index is 0.190. The third-order valence-corrected chi connectivity index (χ3v) is 6.30. The molecular formula is C28H22O5. The van der Waals surface area contributed by atoms with E-state index in [0.29, 0.717) is 13.2 Å². The van der Waals surface area contributed by atoms with Gasteiger partial charge in [-0.15, -0.1) is 0 Å². The summed E-state index contributed by atoms with van der Waals surface area (Å²) in [5.41, 5.74) is 1.78. The monoisotopic (exact) mass is 438 g/mol. The van der Waals surface area contributed by atoms with Crippen molar-refractivity contribution >= 4 is 32.5 Å². The third kappa shape index (κ3) is 3.41. The highest BCUT2D eigenvalue weighted by molar-refractivity contribution is 6.25. The molecule has 5 aromatic rings. The number of para-hydroxylation sites is 1. The maximum absolute atomic E-state index is 6.54. The van der Waals surface area contributed by atoms with Gasteiger partial charge >= 0.3 is 0 Å². The molecule has 2 aliphatic rings. The number of epoxide rings is 2. The Morgan fingerprint density at radius 2 is 1.30 bits per heavy atom. The molecule has 0 amide bonds. The zero-order valence-electron chi connectivity index (χ0n) is 18.0. The Bertz CT molecular complexity index is 1490. The summed E-state index contributed by atoms with van der Waals surface area (Å²) in [5.74, 6) is 2.42. The van der Waals surface area contributed by atoms with Crippen molar-refractivity contribution in [3.63, 3.8) is 0 Å². The molecule has 0 spiro atoms. The van der Waals surface area contributed by atoms with Crippen LogP contribution in [0.3, 0.4) is 0 Å². The lowest BCUT2D eigenvalue weighted by atomic mass is 9.97. The van der Waals surface area contributed by atoms with Gasteiger partial charge in [0.1, 0.15) is 48.3 Å². The molecular weight excluding hydrogens is 416 g/mol. The van der Waals surface area contributed by atoms with Crippen LogP contribution in [0.5, 0.6) is 11.5 Å². The van der Waals surface area contributed by atoms with Crippen molar-refractivity contribution in [2.24, 2.45) is 0 Å². The standard InChI is InChI=1S/C28H22O5/c1-2-7-21-19(6-1)20-9-5-11-25(32-16-18-14-30-18)27(20)23-12-26(33-28(21)23)22-8-3-4-10-24(22)31-15-17-13-29-17/h1-12,17-18H,13-16H2. The van der Waals surface area contributed by atoms with E-state index in [1.807, 2.05) is 42.5 Å². The molecule has 1 aromatic heterocycles. The van der Waals surface area contributed by atoms with Gasteiger partial charge < -0.3 is 23.4 Å². The van der Waals surface area contributed by atoms with Crippen molar-refractivity contribution in [3.05, 3.63) is 72.8 Å². The van der Waals surface area contributed by atoms with Gasteiger partial charge in [0.25, 0.3) is 0 Å². The second kappa shape index (κ2) is 7.51. The molecule has 2 atom stereocenters. The van der Waals surface area contributed by atoms with E-state index in [2.05, 4.69) is 30.3 Å². The number of hydrogen-bond acceptors (Lipinski definition) is 5. The Morgan fingerprint density at radius 3 is 2.09 bits per heavy atom. The minimum Gasteiger partial charge on any atom is -0.490 e. The van der Waals surface area contributed by atoms with E-state index in [-0.39, 0.29) is 12.2 Å². The Morgan fingerprint density at radius 1 is 0.667 bits per heavy atom. The van der Waals surface area contributed by atoms with Crippen molar-refractivity contribution in [2.75, 3.05) is 26.4 Å². The van der Waals surface area contributed by atoms with E-state index in [4.69, 9.17) is 23.4 Å². The highest BCUT2D eigenvalue weighted by atomic mass is 16.6. The van der Waals surface area contributed by atoms with Crippen molar-refractivity contribution in [1.82, 2.24) is 0 Å². The van der Waals surface area contributed by atoms with Gasteiger partial charge in [0, 0.05) is 16.2 Å². The molecule has 3 heterocycles. The fourth-order valence-corrected chi connectivity index (χ4v) is 4.47. The first-order valence-corrected chi connectivity index (χ1v) is 11.3. The molecule has 2 unspecified atom stereocenters. The topological polar surface area (TPSA) is 56.7 Å². The molecule has 4 aromatic carbocycles. The van der Waals surface area contributed by atoms with Crippen LogP contribution in [0, 0.1) is 0 Å². The first-order valence-electron chi connectivity index (χ1n) is 11.3. The Balaban J connectivity index is 1.44. The molecule has 2 aliphatic heterocycles. The van der Waals surface area contributed by atoms with Gasteiger partial charge in [0.2, 0.25) is 0 Å². The van der Waals surface area contributed by atoms with Crippen LogP contribution in [-0.4, -0.2) is 38.6 Å². The molecule has 0 aliphatic carbocycles. The van der Waals surface area contributed by atoms with E-state index >= 15 is 0 Å². The van der Waals surface area contributed by atoms with Gasteiger partial charge in [-0.2, -0.15) is 0 Å². The molecule has 0 bridgehead atoms. The summed E-state index contributed by atoms with van der Waals surface area (Å²) >= 11 is 0. The summed E-state index contributed by atoms with van der Waals surface area (Å²) < 4.78 is 29.5. The molecule has 0 N–H and O–H groups in total. The van der Waals surface area contributed by atoms with Crippen LogP contribution in [0.25, 0.3) is 43.8 Å². The molecule has 2 fully saturated rings. The molecule has 164 valence electrons. The summed E-state index contributed by atoms with van der Waals surface area (Å²) in [7, 11) is 0. The first kappa shape index (κ1) is 19.0. The van der Waals surface area contributed by atoms with Crippen LogP contribution in [0.15, 0.2) is 77.2 Å². The van der Waals surface area contributed by atoms with Crippen LogP contribution in [0.2, 0.25) is 0 Å². The molecule has 5 nitrogen and oxygen atoms in total. The van der Waals surface area contributed by atoms with Gasteiger partial charge in [-0.25, -0.2) is 0 Å². The summed E-state index contributed by atoms with van der Waals surface area (Å²) in [4.78, 5) is 0. The summed E-state index contributed by atoms with van der Waals surface area (Å²) in [6, 6.07) is 24.7. The van der Waals surface area contributed by atoms with E-state index in [1.54, 1.807) is 0 Å². The zero-order valence-corrected chi connectivity index (χ0v) is 18.0. The van der Waals surface area contributed by atoms with Gasteiger partial charge in [0.15, 0.2) is 0 Å². The summed E-state index contributed by atoms with van der Waals surface area (Å²) in [6.07, 6.45) is 0.382. The fraction of sp³-hybridized carbons (Fsp3) is 0.214. The molecule has 2 saturated heterocycles. The van der Waals surface area contributed by atoms with Gasteiger partial charge in [-0.05, 0) is 35.0 Å². The van der Waals surface area contributed by atoms with Crippen LogP contribution in [0.1, 0.15) is 0 Å². The average Bonchev–Trinajstić information content (AvgIpc) is 3.80. The second-order valence-electron chi connectivity index (χ2n) is 8.61. The molecule has 7 rings (SSSR count). The van der Waals surface area contributed by atoms with E-state index in [9.17, 15) is 0 Å². The van der Waals surface area contributed by atoms with Crippen molar-refractivity contribution in [3.8, 4) is 22.8 Å². The predicted molar refractivity (Wildman–Crippen MR) is 127 cm³/mol. The minimum atomic E-state index is 0.190. The van der Waals surface area contributed by atoms with Crippen molar-refractivity contribution < 1.29 is 23.4 Å². The number of fused-ring (bicyclic) bond motifs is 6. The highest BCUT2D eigenvalue weighted by Crippen LogP contribution is 2.44. The van der Waals surface area contributed by atoms with E-state index in [1.165, 1.54) is 0 Å². The molecule has 0 radical (unpaired) electrons. The Kier molecular flexibility index (Phi) is 4.32. The predicted octanol–water partition coefficient (Wildman–Crippen LogP) is 5.96. The van der Waals surface area contributed by atoms with Crippen molar-refractivity contribution in [1.29, 1.82) is 0 Å². The number of hydrogen-bond donors (Lipinski definition) is 0. The van der Waals surface area contributed by atoms with Crippen LogP contribution >= 0.6 is 0 Å². The number of benzene rings is 4. The molecule has 5 heteroatoms. The van der Waals surface area contributed by atoms with E-state index in [0.717, 1.165) is 68.6 Å². The lowest BCUT2D eigenvalue weighted by Crippen LogP contribution is -2.04. The Hall–Kier alpha value is -3.54. The van der Waals surface area contributed by atoms with E-state index < -0.39 is 0 Å². The first-order chi connectivity index (χ1) is 16.3. The average molecular weight is 438 g/mol. The normalized spacial score (nSPS) is 19.3. The Labute approximate surface area is 190 Å². The maximum atomic E-state index is 6.54. The van der Waals surface area contributed by atoms with Crippen LogP contribution < -0.4 is 9.47 Å².